The first kappa shape index (κ1) is 17.3. The molecule has 2 bridgehead atoms. The van der Waals surface area contributed by atoms with Gasteiger partial charge in [0.25, 0.3) is 0 Å². The number of hydrogen-bond donors (Lipinski definition) is 0. The van der Waals surface area contributed by atoms with Gasteiger partial charge in [0, 0.05) is 24.4 Å². The molecular weight excluding hydrogens is 333 g/mol. The number of carbonyl (C=O) groups excluding carboxylic acids is 1. The number of aromatic nitrogens is 1. The summed E-state index contributed by atoms with van der Waals surface area (Å²) in [5, 5.41) is 9.29. The van der Waals surface area contributed by atoms with Crippen molar-refractivity contribution in [1.82, 2.24) is 9.88 Å². The van der Waals surface area contributed by atoms with Crippen molar-refractivity contribution < 1.29 is 13.9 Å². The van der Waals surface area contributed by atoms with Crippen LogP contribution in [0.4, 0.5) is 4.39 Å². The van der Waals surface area contributed by atoms with Gasteiger partial charge in [-0.1, -0.05) is 12.8 Å². The lowest BCUT2D eigenvalue weighted by molar-refractivity contribution is -0.134. The molecule has 0 aromatic carbocycles. The minimum absolute atomic E-state index is 0.0252. The van der Waals surface area contributed by atoms with Crippen molar-refractivity contribution in [3.63, 3.8) is 0 Å². The Balaban J connectivity index is 1.48. The zero-order chi connectivity index (χ0) is 18.1. The van der Waals surface area contributed by atoms with Crippen molar-refractivity contribution in [3.05, 3.63) is 23.5 Å². The second-order valence-electron chi connectivity index (χ2n) is 7.79. The fraction of sp³-hybridized carbons (Fsp3) is 0.650. The number of nitrogens with zero attached hydrogens (tertiary/aromatic N) is 3. The van der Waals surface area contributed by atoms with E-state index in [0.29, 0.717) is 50.0 Å². The Morgan fingerprint density at radius 3 is 2.96 bits per heavy atom. The van der Waals surface area contributed by atoms with Crippen LogP contribution in [-0.2, 0) is 4.79 Å². The lowest BCUT2D eigenvalue weighted by Crippen LogP contribution is -2.39. The summed E-state index contributed by atoms with van der Waals surface area (Å²) in [5.74, 6) is 0.638. The molecule has 2 atom stereocenters. The molecule has 2 aliphatic heterocycles. The fourth-order valence-corrected chi connectivity index (χ4v) is 4.80. The van der Waals surface area contributed by atoms with E-state index in [1.54, 1.807) is 6.20 Å². The standard InChI is InChI=1S/C20H24FN3O2/c21-20(7-1-2-8-20)9-3-4-18(25)24-15-5-6-17(24)16-12-23-11-14(10-22)19(16)26-13-15/h11-12,15,17H,1-9,13H2/t15-,17+/m1/s1. The number of alkyl halides is 1. The monoisotopic (exact) mass is 357 g/mol. The van der Waals surface area contributed by atoms with Crippen LogP contribution in [-0.4, -0.2) is 34.1 Å². The van der Waals surface area contributed by atoms with E-state index in [-0.39, 0.29) is 18.0 Å². The number of ether oxygens (including phenoxy) is 1. The Labute approximate surface area is 153 Å². The first-order valence-corrected chi connectivity index (χ1v) is 9.62. The van der Waals surface area contributed by atoms with Crippen LogP contribution >= 0.6 is 0 Å². The van der Waals surface area contributed by atoms with Gasteiger partial charge in [-0.3, -0.25) is 9.78 Å². The van der Waals surface area contributed by atoms with E-state index >= 15 is 0 Å². The van der Waals surface area contributed by atoms with Crippen LogP contribution in [0.5, 0.6) is 5.75 Å². The number of carbonyl (C=O) groups is 1. The van der Waals surface area contributed by atoms with Crippen molar-refractivity contribution in [2.24, 2.45) is 0 Å². The van der Waals surface area contributed by atoms with Crippen LogP contribution in [0.25, 0.3) is 0 Å². The molecule has 1 aromatic heterocycles. The zero-order valence-electron chi connectivity index (χ0n) is 14.9. The molecule has 3 heterocycles. The van der Waals surface area contributed by atoms with Crippen molar-refractivity contribution in [1.29, 1.82) is 5.26 Å². The minimum atomic E-state index is -1.06. The summed E-state index contributed by atoms with van der Waals surface area (Å²) in [6, 6.07) is 2.06. The molecule has 2 fully saturated rings. The topological polar surface area (TPSA) is 66.2 Å². The third-order valence-corrected chi connectivity index (χ3v) is 6.13. The zero-order valence-corrected chi connectivity index (χ0v) is 14.9. The number of halogens is 1. The fourth-order valence-electron chi connectivity index (χ4n) is 4.80. The maximum Gasteiger partial charge on any atom is 0.223 e. The smallest absolute Gasteiger partial charge is 0.223 e. The van der Waals surface area contributed by atoms with E-state index in [4.69, 9.17) is 4.74 Å². The molecule has 138 valence electrons. The van der Waals surface area contributed by atoms with Gasteiger partial charge in [0.05, 0.1) is 12.1 Å². The van der Waals surface area contributed by atoms with Crippen molar-refractivity contribution in [2.75, 3.05) is 6.61 Å². The quantitative estimate of drug-likeness (QED) is 0.821. The summed E-state index contributed by atoms with van der Waals surface area (Å²) >= 11 is 0. The number of pyridine rings is 1. The first-order valence-electron chi connectivity index (χ1n) is 9.62. The Kier molecular flexibility index (Phi) is 4.56. The third kappa shape index (κ3) is 3.04. The van der Waals surface area contributed by atoms with Gasteiger partial charge >= 0.3 is 0 Å². The van der Waals surface area contributed by atoms with Crippen LogP contribution in [0, 0.1) is 11.3 Å². The molecule has 1 saturated carbocycles. The average molecular weight is 357 g/mol. The second-order valence-corrected chi connectivity index (χ2v) is 7.79. The van der Waals surface area contributed by atoms with Crippen molar-refractivity contribution in [3.8, 4) is 11.8 Å². The number of hydrogen-bond acceptors (Lipinski definition) is 4. The molecule has 3 aliphatic rings. The summed E-state index contributed by atoms with van der Waals surface area (Å²) in [6.45, 7) is 0.404. The first-order chi connectivity index (χ1) is 12.6. The van der Waals surface area contributed by atoms with Crippen LogP contribution in [0.2, 0.25) is 0 Å². The highest BCUT2D eigenvalue weighted by molar-refractivity contribution is 5.78. The molecule has 1 aromatic rings. The van der Waals surface area contributed by atoms with Crippen LogP contribution in [0.15, 0.2) is 12.4 Å². The minimum Gasteiger partial charge on any atom is -0.490 e. The van der Waals surface area contributed by atoms with Crippen molar-refractivity contribution in [2.45, 2.75) is 75.5 Å². The summed E-state index contributed by atoms with van der Waals surface area (Å²) in [7, 11) is 0. The third-order valence-electron chi connectivity index (χ3n) is 6.13. The lowest BCUT2D eigenvalue weighted by Gasteiger charge is -2.28. The van der Waals surface area contributed by atoms with Gasteiger partial charge in [-0.25, -0.2) is 4.39 Å². The van der Waals surface area contributed by atoms with Crippen molar-refractivity contribution >= 4 is 5.91 Å². The van der Waals surface area contributed by atoms with Crippen LogP contribution in [0.3, 0.4) is 0 Å². The largest absolute Gasteiger partial charge is 0.490 e. The molecule has 6 heteroatoms. The molecule has 5 nitrogen and oxygen atoms in total. The summed E-state index contributed by atoms with van der Waals surface area (Å²) in [6.07, 6.45) is 9.61. The number of nitriles is 1. The molecule has 1 amide bonds. The summed E-state index contributed by atoms with van der Waals surface area (Å²) < 4.78 is 20.4. The Hall–Kier alpha value is -2.16. The average Bonchev–Trinajstić information content (AvgIpc) is 3.20. The van der Waals surface area contributed by atoms with Gasteiger partial charge in [-0.15, -0.1) is 0 Å². The van der Waals surface area contributed by atoms with Crippen LogP contribution in [0.1, 0.15) is 75.0 Å². The van der Waals surface area contributed by atoms with E-state index in [0.717, 1.165) is 31.2 Å². The van der Waals surface area contributed by atoms with E-state index in [9.17, 15) is 14.4 Å². The highest BCUT2D eigenvalue weighted by Gasteiger charge is 2.42. The predicted molar refractivity (Wildman–Crippen MR) is 93.2 cm³/mol. The lowest BCUT2D eigenvalue weighted by atomic mass is 9.96. The van der Waals surface area contributed by atoms with Gasteiger partial charge in [0.2, 0.25) is 5.91 Å². The highest BCUT2D eigenvalue weighted by atomic mass is 19.1. The Morgan fingerprint density at radius 1 is 1.38 bits per heavy atom. The molecule has 1 saturated heterocycles. The molecule has 4 rings (SSSR count). The van der Waals surface area contributed by atoms with Gasteiger partial charge in [0.1, 0.15) is 29.7 Å². The van der Waals surface area contributed by atoms with Gasteiger partial charge in [0.15, 0.2) is 0 Å². The summed E-state index contributed by atoms with van der Waals surface area (Å²) in [5.41, 5.74) is 0.192. The normalized spacial score (nSPS) is 25.9. The molecular formula is C20H24FN3O2. The number of fused-ring (bicyclic) bond motifs is 4. The molecule has 0 spiro atoms. The summed E-state index contributed by atoms with van der Waals surface area (Å²) in [4.78, 5) is 19.0. The van der Waals surface area contributed by atoms with E-state index in [2.05, 4.69) is 11.1 Å². The van der Waals surface area contributed by atoms with E-state index in [1.807, 2.05) is 4.90 Å². The SMILES string of the molecule is N#Cc1cncc2c1OC[C@H]1CC[C@@H]2N1C(=O)CCCC1(F)CCCC1. The van der Waals surface area contributed by atoms with Crippen LogP contribution < -0.4 is 4.74 Å². The maximum atomic E-state index is 14.5. The van der Waals surface area contributed by atoms with Gasteiger partial charge < -0.3 is 9.64 Å². The molecule has 0 unspecified atom stereocenters. The number of amides is 1. The Bertz CT molecular complexity index is 739. The predicted octanol–water partition coefficient (Wildman–Crippen LogP) is 3.83. The van der Waals surface area contributed by atoms with E-state index in [1.165, 1.54) is 6.20 Å². The molecule has 1 aliphatic carbocycles. The Morgan fingerprint density at radius 2 is 2.19 bits per heavy atom. The highest BCUT2D eigenvalue weighted by Crippen LogP contribution is 2.44. The maximum absolute atomic E-state index is 14.5. The number of rotatable bonds is 4. The molecule has 26 heavy (non-hydrogen) atoms. The van der Waals surface area contributed by atoms with Gasteiger partial charge in [-0.05, 0) is 38.5 Å². The molecule has 0 radical (unpaired) electrons. The van der Waals surface area contributed by atoms with E-state index < -0.39 is 5.67 Å². The second kappa shape index (κ2) is 6.86. The van der Waals surface area contributed by atoms with Gasteiger partial charge in [-0.2, -0.15) is 5.26 Å². The molecule has 0 N–H and O–H groups in total.